The first-order valence-corrected chi connectivity index (χ1v) is 7.72. The fourth-order valence-corrected chi connectivity index (χ4v) is 2.93. The van der Waals surface area contributed by atoms with Crippen molar-refractivity contribution in [1.82, 2.24) is 5.32 Å². The van der Waals surface area contributed by atoms with E-state index in [2.05, 4.69) is 11.2 Å². The molecule has 8 heteroatoms. The molecule has 6 atom stereocenters. The number of carboxylic acids is 1. The minimum Gasteiger partial charge on any atom is -0.479 e. The zero-order chi connectivity index (χ0) is 18.7. The molecule has 1 fully saturated rings. The standard InChI is InChI=1S/C16H25NO7/c1-5-6-10(19)13(21)14-12(17-9(4)18)11(20)7-16(24-14,8(2)3)15(22)23/h1,8,10-14,19-21H,6-7H2,2-4H3,(H,17,18)(H,22,23)/t10-,11-,12?,13-,14?,16+/m1/s1. The zero-order valence-electron chi connectivity index (χ0n) is 14.0. The molecule has 0 radical (unpaired) electrons. The van der Waals surface area contributed by atoms with Gasteiger partial charge in [-0.15, -0.1) is 12.3 Å². The van der Waals surface area contributed by atoms with Gasteiger partial charge in [-0.25, -0.2) is 4.79 Å². The van der Waals surface area contributed by atoms with Crippen LogP contribution in [0.4, 0.5) is 0 Å². The van der Waals surface area contributed by atoms with E-state index >= 15 is 0 Å². The number of aliphatic hydroxyl groups is 3. The van der Waals surface area contributed by atoms with Crippen molar-refractivity contribution in [2.75, 3.05) is 0 Å². The fraction of sp³-hybridized carbons (Fsp3) is 0.750. The van der Waals surface area contributed by atoms with E-state index < -0.39 is 53.9 Å². The summed E-state index contributed by atoms with van der Waals surface area (Å²) in [6, 6.07) is -1.07. The lowest BCUT2D eigenvalue weighted by molar-refractivity contribution is -0.238. The summed E-state index contributed by atoms with van der Waals surface area (Å²) in [6.07, 6.45) is -0.919. The number of carbonyl (C=O) groups is 2. The van der Waals surface area contributed by atoms with Crippen LogP contribution >= 0.6 is 0 Å². The highest BCUT2D eigenvalue weighted by molar-refractivity contribution is 5.78. The molecule has 5 N–H and O–H groups in total. The zero-order valence-corrected chi connectivity index (χ0v) is 14.0. The van der Waals surface area contributed by atoms with Gasteiger partial charge in [-0.1, -0.05) is 13.8 Å². The van der Waals surface area contributed by atoms with E-state index in [1.807, 2.05) is 0 Å². The van der Waals surface area contributed by atoms with Crippen LogP contribution in [0.15, 0.2) is 0 Å². The van der Waals surface area contributed by atoms with Gasteiger partial charge in [-0.05, 0) is 5.92 Å². The minimum atomic E-state index is -1.75. The Kier molecular flexibility index (Phi) is 6.75. The molecule has 2 unspecified atom stereocenters. The number of aliphatic carboxylic acids is 1. The van der Waals surface area contributed by atoms with Crippen LogP contribution in [0.2, 0.25) is 0 Å². The molecular formula is C16H25NO7. The molecule has 1 heterocycles. The Morgan fingerprint density at radius 3 is 2.42 bits per heavy atom. The largest absolute Gasteiger partial charge is 0.479 e. The molecule has 24 heavy (non-hydrogen) atoms. The molecule has 0 aromatic heterocycles. The van der Waals surface area contributed by atoms with Gasteiger partial charge in [0.05, 0.1) is 18.2 Å². The van der Waals surface area contributed by atoms with Gasteiger partial charge in [0.2, 0.25) is 5.91 Å². The lowest BCUT2D eigenvalue weighted by atomic mass is 9.77. The Morgan fingerprint density at radius 2 is 2.00 bits per heavy atom. The highest BCUT2D eigenvalue weighted by atomic mass is 16.6. The summed E-state index contributed by atoms with van der Waals surface area (Å²) in [6.45, 7) is 4.44. The molecule has 1 aliphatic rings. The monoisotopic (exact) mass is 343 g/mol. The third kappa shape index (κ3) is 4.05. The molecule has 0 spiro atoms. The molecule has 1 rings (SSSR count). The Labute approximate surface area is 140 Å². The van der Waals surface area contributed by atoms with Gasteiger partial charge < -0.3 is 30.5 Å². The summed E-state index contributed by atoms with van der Waals surface area (Å²) in [5.74, 6) is -0.114. The summed E-state index contributed by atoms with van der Waals surface area (Å²) in [4.78, 5) is 23.1. The maximum Gasteiger partial charge on any atom is 0.336 e. The fourth-order valence-electron chi connectivity index (χ4n) is 2.93. The second kappa shape index (κ2) is 7.94. The van der Waals surface area contributed by atoms with Crippen molar-refractivity contribution in [3.63, 3.8) is 0 Å². The highest BCUT2D eigenvalue weighted by Crippen LogP contribution is 2.37. The molecule has 8 nitrogen and oxygen atoms in total. The Hall–Kier alpha value is -1.66. The van der Waals surface area contributed by atoms with Gasteiger partial charge in [-0.3, -0.25) is 4.79 Å². The Balaban J connectivity index is 3.24. The second-order valence-electron chi connectivity index (χ2n) is 6.40. The van der Waals surface area contributed by atoms with E-state index in [9.17, 15) is 30.0 Å². The van der Waals surface area contributed by atoms with Gasteiger partial charge in [0.1, 0.15) is 12.2 Å². The Morgan fingerprint density at radius 1 is 1.42 bits per heavy atom. The van der Waals surface area contributed by atoms with Gasteiger partial charge in [0.15, 0.2) is 5.60 Å². The van der Waals surface area contributed by atoms with E-state index in [1.165, 1.54) is 6.92 Å². The van der Waals surface area contributed by atoms with Crippen molar-refractivity contribution in [3.05, 3.63) is 0 Å². The smallest absolute Gasteiger partial charge is 0.336 e. The topological polar surface area (TPSA) is 136 Å². The van der Waals surface area contributed by atoms with Crippen LogP contribution in [-0.4, -0.2) is 68.4 Å². The first-order chi connectivity index (χ1) is 11.1. The molecule has 0 saturated carbocycles. The average molecular weight is 343 g/mol. The van der Waals surface area contributed by atoms with Crippen LogP contribution in [0.5, 0.6) is 0 Å². The van der Waals surface area contributed by atoms with Crippen molar-refractivity contribution >= 4 is 11.9 Å². The molecule has 136 valence electrons. The molecule has 0 bridgehead atoms. The third-order valence-electron chi connectivity index (χ3n) is 4.35. The first-order valence-electron chi connectivity index (χ1n) is 7.72. The lowest BCUT2D eigenvalue weighted by Gasteiger charge is -2.48. The first kappa shape index (κ1) is 20.4. The van der Waals surface area contributed by atoms with Crippen LogP contribution in [0.3, 0.4) is 0 Å². The van der Waals surface area contributed by atoms with Crippen LogP contribution in [0.1, 0.15) is 33.6 Å². The van der Waals surface area contributed by atoms with Crippen molar-refractivity contribution in [3.8, 4) is 12.3 Å². The second-order valence-corrected chi connectivity index (χ2v) is 6.40. The molecule has 1 aliphatic heterocycles. The Bertz CT molecular complexity index is 515. The number of hydrogen-bond donors (Lipinski definition) is 5. The SMILES string of the molecule is C#CC[C@@H](O)[C@@H](O)C1O[C@](C(=O)O)(C(C)C)C[C@@H](O)C1NC(C)=O. The summed E-state index contributed by atoms with van der Waals surface area (Å²) >= 11 is 0. The van der Waals surface area contributed by atoms with Gasteiger partial charge in [-0.2, -0.15) is 0 Å². The maximum absolute atomic E-state index is 11.8. The van der Waals surface area contributed by atoms with Crippen LogP contribution in [0, 0.1) is 18.3 Å². The van der Waals surface area contributed by atoms with E-state index in [0.29, 0.717) is 0 Å². The van der Waals surface area contributed by atoms with Crippen molar-refractivity contribution in [2.24, 2.45) is 5.92 Å². The number of carboxylic acid groups (broad SMARTS) is 1. The normalized spacial score (nSPS) is 32.7. The van der Waals surface area contributed by atoms with E-state index in [0.717, 1.165) is 0 Å². The van der Waals surface area contributed by atoms with E-state index in [1.54, 1.807) is 13.8 Å². The molecule has 0 aromatic rings. The summed E-state index contributed by atoms with van der Waals surface area (Å²) in [7, 11) is 0. The predicted octanol–water partition coefficient (Wildman–Crippen LogP) is -1.13. The van der Waals surface area contributed by atoms with Crippen molar-refractivity contribution in [2.45, 2.75) is 69.7 Å². The average Bonchev–Trinajstić information content (AvgIpc) is 2.47. The van der Waals surface area contributed by atoms with E-state index in [-0.39, 0.29) is 12.8 Å². The molecule has 0 aromatic carbocycles. The van der Waals surface area contributed by atoms with Crippen LogP contribution in [0.25, 0.3) is 0 Å². The van der Waals surface area contributed by atoms with Crippen molar-refractivity contribution in [1.29, 1.82) is 0 Å². The molecule has 0 aliphatic carbocycles. The van der Waals surface area contributed by atoms with Crippen molar-refractivity contribution < 1.29 is 34.8 Å². The molecule has 1 saturated heterocycles. The minimum absolute atomic E-state index is 0.189. The van der Waals surface area contributed by atoms with Crippen LogP contribution < -0.4 is 5.32 Å². The van der Waals surface area contributed by atoms with Crippen LogP contribution in [-0.2, 0) is 14.3 Å². The lowest BCUT2D eigenvalue weighted by Crippen LogP contribution is -2.68. The summed E-state index contributed by atoms with van der Waals surface area (Å²) < 4.78 is 5.66. The highest BCUT2D eigenvalue weighted by Gasteiger charge is 2.55. The third-order valence-corrected chi connectivity index (χ3v) is 4.35. The van der Waals surface area contributed by atoms with E-state index in [4.69, 9.17) is 11.2 Å². The number of aliphatic hydroxyl groups excluding tert-OH is 3. The summed E-state index contributed by atoms with van der Waals surface area (Å²) in [5.41, 5.74) is -1.75. The number of terminal acetylenes is 1. The quantitative estimate of drug-likeness (QED) is 0.385. The number of rotatable bonds is 6. The van der Waals surface area contributed by atoms with Gasteiger partial charge in [0.25, 0.3) is 0 Å². The molecular weight excluding hydrogens is 318 g/mol. The van der Waals surface area contributed by atoms with Gasteiger partial charge in [0, 0.05) is 19.8 Å². The number of ether oxygens (including phenoxy) is 1. The number of carbonyl (C=O) groups excluding carboxylic acids is 1. The van der Waals surface area contributed by atoms with Gasteiger partial charge >= 0.3 is 5.97 Å². The summed E-state index contributed by atoms with van der Waals surface area (Å²) in [5, 5.41) is 42.7. The number of nitrogens with one attached hydrogen (secondary N) is 1. The molecule has 1 amide bonds. The predicted molar refractivity (Wildman–Crippen MR) is 83.8 cm³/mol. The number of hydrogen-bond acceptors (Lipinski definition) is 6. The maximum atomic E-state index is 11.8. The number of amides is 1.